The van der Waals surface area contributed by atoms with Gasteiger partial charge in [-0.3, -0.25) is 14.5 Å². The Morgan fingerprint density at radius 1 is 1.34 bits per heavy atom. The van der Waals surface area contributed by atoms with E-state index in [-0.39, 0.29) is 58.8 Å². The van der Waals surface area contributed by atoms with E-state index in [0.717, 1.165) is 6.07 Å². The van der Waals surface area contributed by atoms with Crippen LogP contribution < -0.4 is 10.1 Å². The fourth-order valence-corrected chi connectivity index (χ4v) is 4.79. The monoisotopic (exact) mass is 628 g/mol. The third-order valence-electron chi connectivity index (χ3n) is 6.90. The molecule has 230 valence electrons. The van der Waals surface area contributed by atoms with E-state index in [0.29, 0.717) is 19.3 Å². The van der Waals surface area contributed by atoms with Crippen LogP contribution in [0.25, 0.3) is 11.3 Å². The standard InChI is InChI=1S/C25H33ClF4N4O4.O2S/c1-5-34-20(15-11-31-14(9-16(15)38-23(29)30)10-24(3,4)22(27)28)18(26)19(33-34)21(36)32-12-25(37)7-6-13(2)8-17(25)35;1-3-2/h9,11,13,17,22-23,35,37H,5-8,10,12H2,1-4H3,(H,32,36);/t13-,17-,25-;/m1./s1. The number of nitrogens with zero attached hydrogens (tertiary/aromatic N) is 3. The minimum atomic E-state index is -3.22. The van der Waals surface area contributed by atoms with Crippen molar-refractivity contribution >= 4 is 29.1 Å². The van der Waals surface area contributed by atoms with Crippen molar-refractivity contribution in [3.05, 3.63) is 28.7 Å². The maximum atomic E-state index is 13.4. The zero-order chi connectivity index (χ0) is 31.1. The van der Waals surface area contributed by atoms with Crippen LogP contribution in [0.3, 0.4) is 0 Å². The number of ether oxygens (including phenoxy) is 1. The maximum absolute atomic E-state index is 13.4. The Hall–Kier alpha value is -2.62. The van der Waals surface area contributed by atoms with E-state index in [2.05, 4.69) is 20.1 Å². The molecule has 2 aromatic rings. The molecule has 0 spiro atoms. The first-order valence-corrected chi connectivity index (χ1v) is 13.7. The fourth-order valence-electron chi connectivity index (χ4n) is 4.47. The van der Waals surface area contributed by atoms with Gasteiger partial charge >= 0.3 is 18.2 Å². The number of pyridine rings is 1. The molecule has 0 radical (unpaired) electrons. The molecule has 1 amide bonds. The number of aromatic nitrogens is 3. The number of hydrogen-bond acceptors (Lipinski definition) is 8. The van der Waals surface area contributed by atoms with Gasteiger partial charge in [-0.05, 0) is 32.1 Å². The summed E-state index contributed by atoms with van der Waals surface area (Å²) >= 11 is 5.76. The van der Waals surface area contributed by atoms with Gasteiger partial charge in [0.25, 0.3) is 5.91 Å². The second-order valence-electron chi connectivity index (χ2n) is 10.6. The Morgan fingerprint density at radius 3 is 2.51 bits per heavy atom. The van der Waals surface area contributed by atoms with Gasteiger partial charge < -0.3 is 20.3 Å². The molecule has 3 N–H and O–H groups in total. The highest BCUT2D eigenvalue weighted by Crippen LogP contribution is 2.39. The lowest BCUT2D eigenvalue weighted by Gasteiger charge is -2.39. The smallest absolute Gasteiger partial charge is 0.387 e. The Labute approximate surface area is 243 Å². The molecule has 1 saturated carbocycles. The van der Waals surface area contributed by atoms with E-state index < -0.39 is 47.6 Å². The molecule has 0 saturated heterocycles. The van der Waals surface area contributed by atoms with Crippen molar-refractivity contribution in [3.63, 3.8) is 0 Å². The molecule has 41 heavy (non-hydrogen) atoms. The average Bonchev–Trinajstić information content (AvgIpc) is 3.21. The van der Waals surface area contributed by atoms with Crippen LogP contribution >= 0.6 is 11.6 Å². The number of aryl methyl sites for hydroxylation is 1. The summed E-state index contributed by atoms with van der Waals surface area (Å²) in [4.78, 5) is 17.1. The number of nitrogens with one attached hydrogen (secondary N) is 1. The van der Waals surface area contributed by atoms with Gasteiger partial charge in [-0.15, -0.1) is 0 Å². The zero-order valence-electron chi connectivity index (χ0n) is 22.9. The normalized spacial score (nSPS) is 20.9. The van der Waals surface area contributed by atoms with Crippen LogP contribution in [0.1, 0.15) is 63.1 Å². The van der Waals surface area contributed by atoms with Crippen LogP contribution in [0.5, 0.6) is 5.75 Å². The van der Waals surface area contributed by atoms with Crippen molar-refractivity contribution in [2.75, 3.05) is 6.54 Å². The van der Waals surface area contributed by atoms with Crippen LogP contribution in [-0.2, 0) is 24.5 Å². The number of aliphatic hydroxyl groups is 2. The molecule has 0 bridgehead atoms. The number of carbonyl (C=O) groups excluding carboxylic acids is 1. The summed E-state index contributed by atoms with van der Waals surface area (Å²) in [6.45, 7) is 3.05. The highest BCUT2D eigenvalue weighted by Gasteiger charge is 2.40. The zero-order valence-corrected chi connectivity index (χ0v) is 24.4. The number of carbonyl (C=O) groups is 1. The van der Waals surface area contributed by atoms with Crippen molar-refractivity contribution in [2.45, 2.75) is 84.7 Å². The van der Waals surface area contributed by atoms with E-state index in [9.17, 15) is 32.6 Å². The van der Waals surface area contributed by atoms with Gasteiger partial charge in [0.15, 0.2) is 5.69 Å². The largest absolute Gasteiger partial charge is 0.434 e. The van der Waals surface area contributed by atoms with Crippen LogP contribution in [0.2, 0.25) is 5.02 Å². The number of hydrogen-bond donors (Lipinski definition) is 3. The van der Waals surface area contributed by atoms with E-state index in [1.165, 1.54) is 24.7 Å². The highest BCUT2D eigenvalue weighted by molar-refractivity contribution is 7.51. The number of halogens is 5. The quantitative estimate of drug-likeness (QED) is 0.335. The van der Waals surface area contributed by atoms with Crippen molar-refractivity contribution < 1.29 is 45.7 Å². The molecule has 0 aliphatic heterocycles. The second kappa shape index (κ2) is 14.5. The molecule has 1 aliphatic rings. The maximum Gasteiger partial charge on any atom is 0.387 e. The third-order valence-corrected chi connectivity index (χ3v) is 7.26. The Bertz CT molecular complexity index is 1240. The van der Waals surface area contributed by atoms with Crippen LogP contribution in [0.4, 0.5) is 17.6 Å². The summed E-state index contributed by atoms with van der Waals surface area (Å²) in [6, 6.07) is 1.15. The van der Waals surface area contributed by atoms with Gasteiger partial charge in [0.05, 0.1) is 22.4 Å². The summed E-state index contributed by atoms with van der Waals surface area (Å²) < 4.78 is 75.8. The lowest BCUT2D eigenvalue weighted by Crippen LogP contribution is -2.54. The van der Waals surface area contributed by atoms with Gasteiger partial charge in [-0.1, -0.05) is 32.4 Å². The van der Waals surface area contributed by atoms with Gasteiger partial charge in [0.2, 0.25) is 6.43 Å². The molecule has 0 unspecified atom stereocenters. The first-order valence-electron chi connectivity index (χ1n) is 12.7. The van der Waals surface area contributed by atoms with E-state index in [1.54, 1.807) is 6.92 Å². The Balaban J connectivity index is 0.00000187. The van der Waals surface area contributed by atoms with E-state index in [1.807, 2.05) is 6.92 Å². The number of rotatable bonds is 10. The van der Waals surface area contributed by atoms with Crippen molar-refractivity contribution in [1.82, 2.24) is 20.1 Å². The molecule has 2 heterocycles. The van der Waals surface area contributed by atoms with Gasteiger partial charge in [0, 0.05) is 42.9 Å². The molecule has 16 heteroatoms. The van der Waals surface area contributed by atoms with Gasteiger partial charge in [-0.25, -0.2) is 8.78 Å². The molecule has 3 rings (SSSR count). The van der Waals surface area contributed by atoms with Gasteiger partial charge in [-0.2, -0.15) is 22.3 Å². The molecular formula is C25H33ClF4N4O6S. The topological polar surface area (TPSA) is 144 Å². The first kappa shape index (κ1) is 34.6. The van der Waals surface area contributed by atoms with Crippen molar-refractivity contribution in [2.24, 2.45) is 11.3 Å². The molecule has 0 aromatic carbocycles. The van der Waals surface area contributed by atoms with E-state index in [4.69, 9.17) is 20.0 Å². The minimum Gasteiger partial charge on any atom is -0.434 e. The summed E-state index contributed by atoms with van der Waals surface area (Å²) in [6.07, 6.45) is -1.33. The second-order valence-corrected chi connectivity index (χ2v) is 11.1. The number of alkyl halides is 4. The summed E-state index contributed by atoms with van der Waals surface area (Å²) in [7, 11) is 0. The first-order chi connectivity index (χ1) is 19.1. The summed E-state index contributed by atoms with van der Waals surface area (Å²) in [5.74, 6) is -0.848. The predicted octanol–water partition coefficient (Wildman–Crippen LogP) is 4.03. The fraction of sp³-hybridized carbons (Fsp3) is 0.640. The molecule has 3 atom stereocenters. The van der Waals surface area contributed by atoms with Crippen LogP contribution in [-0.4, -0.2) is 70.6 Å². The summed E-state index contributed by atoms with van der Waals surface area (Å²) in [5.41, 5.74) is -3.00. The molecule has 1 aliphatic carbocycles. The molecule has 2 aromatic heterocycles. The van der Waals surface area contributed by atoms with Crippen LogP contribution in [0.15, 0.2) is 12.3 Å². The summed E-state index contributed by atoms with van der Waals surface area (Å²) in [5, 5.41) is 27.7. The lowest BCUT2D eigenvalue weighted by molar-refractivity contribution is -0.106. The predicted molar refractivity (Wildman–Crippen MR) is 141 cm³/mol. The van der Waals surface area contributed by atoms with E-state index >= 15 is 0 Å². The van der Waals surface area contributed by atoms with Gasteiger partial charge in [0.1, 0.15) is 11.4 Å². The van der Waals surface area contributed by atoms with Crippen molar-refractivity contribution in [1.29, 1.82) is 0 Å². The van der Waals surface area contributed by atoms with Crippen molar-refractivity contribution in [3.8, 4) is 17.0 Å². The average molecular weight is 629 g/mol. The van der Waals surface area contributed by atoms with Crippen LogP contribution in [0, 0.1) is 11.3 Å². The SMILES string of the molecule is CCn1nc(C(=O)NC[C@]2(O)CC[C@@H](C)C[C@H]2O)c(Cl)c1-c1cnc(CC(C)(C)C(F)F)cc1OC(F)F.O=S=O. The molecule has 1 fully saturated rings. The molecular weight excluding hydrogens is 596 g/mol. The lowest BCUT2D eigenvalue weighted by atomic mass is 9.77. The Morgan fingerprint density at radius 2 is 1.98 bits per heavy atom. The minimum absolute atomic E-state index is 0.00220. The highest BCUT2D eigenvalue weighted by atomic mass is 35.5. The Kier molecular flexibility index (Phi) is 12.2. The third kappa shape index (κ3) is 8.69. The molecule has 10 nitrogen and oxygen atoms in total. The number of amides is 1. The number of aliphatic hydroxyl groups excluding tert-OH is 1.